The number of nitrogens with zero attached hydrogens (tertiary/aromatic N) is 2. The van der Waals surface area contributed by atoms with Gasteiger partial charge in [0, 0.05) is 15.6 Å². The lowest BCUT2D eigenvalue weighted by Gasteiger charge is -2.17. The average molecular weight is 331 g/mol. The Morgan fingerprint density at radius 2 is 2.06 bits per heavy atom. The van der Waals surface area contributed by atoms with E-state index in [1.54, 1.807) is 6.07 Å². The van der Waals surface area contributed by atoms with Crippen LogP contribution in [-0.4, -0.2) is 15.7 Å². The van der Waals surface area contributed by atoms with E-state index in [0.717, 1.165) is 10.0 Å². The van der Waals surface area contributed by atoms with Crippen molar-refractivity contribution in [3.63, 3.8) is 0 Å². The maximum Gasteiger partial charge on any atom is 0.322 e. The van der Waals surface area contributed by atoms with Crippen LogP contribution in [-0.2, 0) is 0 Å². The van der Waals surface area contributed by atoms with E-state index in [1.165, 1.54) is 0 Å². The van der Waals surface area contributed by atoms with Gasteiger partial charge in [-0.25, -0.2) is 0 Å². The normalized spacial score (nSPS) is 11.6. The monoisotopic (exact) mass is 329 g/mol. The molecule has 0 amide bonds. The minimum absolute atomic E-state index is 0.121. The first kappa shape index (κ1) is 13.4. The molecule has 0 aliphatic rings. The van der Waals surface area contributed by atoms with Crippen LogP contribution < -0.4 is 5.32 Å². The zero-order chi connectivity index (χ0) is 13.3. The molecule has 2 rings (SSSR count). The molecule has 18 heavy (non-hydrogen) atoms. The Morgan fingerprint density at radius 3 is 2.67 bits per heavy atom. The van der Waals surface area contributed by atoms with Crippen LogP contribution in [0, 0.1) is 0 Å². The van der Waals surface area contributed by atoms with Crippen LogP contribution in [0.2, 0.25) is 5.02 Å². The standard InChI is InChI=1S/C12H13BrClN3O/c1-12(2,3)16-11-15-10(17-18-11)7-4-5-9(14)8(13)6-7/h4-6H,1-3H3,(H,15,16,17). The molecule has 6 heteroatoms. The summed E-state index contributed by atoms with van der Waals surface area (Å²) in [6, 6.07) is 5.89. The molecule has 1 aromatic carbocycles. The van der Waals surface area contributed by atoms with E-state index in [-0.39, 0.29) is 5.54 Å². The fourth-order valence-corrected chi connectivity index (χ4v) is 1.84. The van der Waals surface area contributed by atoms with Gasteiger partial charge in [-0.2, -0.15) is 4.98 Å². The second-order valence-corrected chi connectivity index (χ2v) is 6.19. The number of hydrogen-bond donors (Lipinski definition) is 1. The van der Waals surface area contributed by atoms with E-state index in [4.69, 9.17) is 16.1 Å². The van der Waals surface area contributed by atoms with E-state index < -0.39 is 0 Å². The van der Waals surface area contributed by atoms with Gasteiger partial charge in [-0.15, -0.1) is 0 Å². The van der Waals surface area contributed by atoms with E-state index >= 15 is 0 Å². The van der Waals surface area contributed by atoms with Crippen LogP contribution in [0.3, 0.4) is 0 Å². The minimum atomic E-state index is -0.121. The molecule has 0 spiro atoms. The number of anilines is 1. The molecule has 0 aliphatic heterocycles. The first-order valence-corrected chi connectivity index (χ1v) is 6.59. The topological polar surface area (TPSA) is 51.0 Å². The lowest BCUT2D eigenvalue weighted by molar-refractivity contribution is 0.420. The summed E-state index contributed by atoms with van der Waals surface area (Å²) in [7, 11) is 0. The zero-order valence-corrected chi connectivity index (χ0v) is 12.6. The van der Waals surface area contributed by atoms with Crippen molar-refractivity contribution in [3.8, 4) is 11.4 Å². The Kier molecular flexibility index (Phi) is 3.64. The highest BCUT2D eigenvalue weighted by Gasteiger charge is 2.15. The Morgan fingerprint density at radius 1 is 1.33 bits per heavy atom. The number of rotatable bonds is 2. The second kappa shape index (κ2) is 4.90. The number of hydrogen-bond acceptors (Lipinski definition) is 4. The van der Waals surface area contributed by atoms with Crippen molar-refractivity contribution in [1.29, 1.82) is 0 Å². The van der Waals surface area contributed by atoms with Crippen LogP contribution in [0.1, 0.15) is 20.8 Å². The Bertz CT molecular complexity index is 563. The maximum absolute atomic E-state index is 5.94. The molecule has 1 N–H and O–H groups in total. The summed E-state index contributed by atoms with van der Waals surface area (Å²) in [5.41, 5.74) is 0.724. The summed E-state index contributed by atoms with van der Waals surface area (Å²) in [5.74, 6) is 0.527. The molecule has 0 atom stereocenters. The van der Waals surface area contributed by atoms with E-state index in [0.29, 0.717) is 16.9 Å². The Balaban J connectivity index is 2.26. The van der Waals surface area contributed by atoms with Crippen LogP contribution in [0.4, 0.5) is 6.01 Å². The highest BCUT2D eigenvalue weighted by molar-refractivity contribution is 9.10. The van der Waals surface area contributed by atoms with Gasteiger partial charge in [-0.3, -0.25) is 0 Å². The van der Waals surface area contributed by atoms with Gasteiger partial charge in [-0.1, -0.05) is 16.8 Å². The van der Waals surface area contributed by atoms with Gasteiger partial charge in [0.05, 0.1) is 5.02 Å². The summed E-state index contributed by atoms with van der Waals surface area (Å²) >= 11 is 9.30. The van der Waals surface area contributed by atoms with Crippen LogP contribution in [0.15, 0.2) is 27.2 Å². The van der Waals surface area contributed by atoms with Crippen molar-refractivity contribution in [3.05, 3.63) is 27.7 Å². The van der Waals surface area contributed by atoms with Gasteiger partial charge in [0.15, 0.2) is 0 Å². The molecule has 1 aromatic heterocycles. The Labute approximate surface area is 119 Å². The molecule has 0 radical (unpaired) electrons. The zero-order valence-electron chi connectivity index (χ0n) is 10.3. The third-order valence-corrected chi connectivity index (χ3v) is 3.30. The third-order valence-electron chi connectivity index (χ3n) is 2.09. The van der Waals surface area contributed by atoms with Crippen molar-refractivity contribution in [2.45, 2.75) is 26.3 Å². The largest absolute Gasteiger partial charge is 0.333 e. The second-order valence-electron chi connectivity index (χ2n) is 4.93. The van der Waals surface area contributed by atoms with Crippen molar-refractivity contribution in [2.75, 3.05) is 5.32 Å². The van der Waals surface area contributed by atoms with E-state index in [2.05, 4.69) is 31.4 Å². The van der Waals surface area contributed by atoms with Crippen molar-refractivity contribution < 1.29 is 4.52 Å². The molecule has 2 aromatic rings. The van der Waals surface area contributed by atoms with Crippen LogP contribution in [0.5, 0.6) is 0 Å². The SMILES string of the molecule is CC(C)(C)Nc1nc(-c2ccc(Cl)c(Br)c2)no1. The fourth-order valence-electron chi connectivity index (χ4n) is 1.35. The predicted octanol–water partition coefficient (Wildman–Crippen LogP) is 4.36. The molecular formula is C12H13BrClN3O. The lowest BCUT2D eigenvalue weighted by Crippen LogP contribution is -2.26. The first-order valence-electron chi connectivity index (χ1n) is 5.42. The predicted molar refractivity (Wildman–Crippen MR) is 75.8 cm³/mol. The molecule has 0 bridgehead atoms. The quantitative estimate of drug-likeness (QED) is 0.888. The number of nitrogens with one attached hydrogen (secondary N) is 1. The highest BCUT2D eigenvalue weighted by Crippen LogP contribution is 2.28. The summed E-state index contributed by atoms with van der Waals surface area (Å²) in [4.78, 5) is 4.28. The molecule has 0 saturated carbocycles. The lowest BCUT2D eigenvalue weighted by atomic mass is 10.1. The van der Waals surface area contributed by atoms with Gasteiger partial charge in [0.1, 0.15) is 0 Å². The third kappa shape index (κ3) is 3.23. The molecule has 1 heterocycles. The number of aromatic nitrogens is 2. The summed E-state index contributed by atoms with van der Waals surface area (Å²) in [5, 5.41) is 7.70. The van der Waals surface area contributed by atoms with Gasteiger partial charge < -0.3 is 9.84 Å². The Hall–Kier alpha value is -1.07. The average Bonchev–Trinajstić information content (AvgIpc) is 2.68. The van der Waals surface area contributed by atoms with Gasteiger partial charge in [-0.05, 0) is 54.9 Å². The highest BCUT2D eigenvalue weighted by atomic mass is 79.9. The first-order chi connectivity index (χ1) is 8.35. The summed E-state index contributed by atoms with van der Waals surface area (Å²) in [6.07, 6.45) is 0. The van der Waals surface area contributed by atoms with Crippen molar-refractivity contribution >= 4 is 33.5 Å². The van der Waals surface area contributed by atoms with E-state index in [9.17, 15) is 0 Å². The molecule has 4 nitrogen and oxygen atoms in total. The minimum Gasteiger partial charge on any atom is -0.333 e. The summed E-state index contributed by atoms with van der Waals surface area (Å²) < 4.78 is 5.95. The number of halogens is 2. The molecule has 0 unspecified atom stereocenters. The van der Waals surface area contributed by atoms with Gasteiger partial charge >= 0.3 is 6.01 Å². The smallest absolute Gasteiger partial charge is 0.322 e. The molecular weight excluding hydrogens is 318 g/mol. The molecule has 0 fully saturated rings. The number of benzene rings is 1. The van der Waals surface area contributed by atoms with Crippen molar-refractivity contribution in [1.82, 2.24) is 10.1 Å². The van der Waals surface area contributed by atoms with Gasteiger partial charge in [0.2, 0.25) is 5.82 Å². The fraction of sp³-hybridized carbons (Fsp3) is 0.333. The van der Waals surface area contributed by atoms with Crippen LogP contribution in [0.25, 0.3) is 11.4 Å². The molecule has 0 saturated heterocycles. The van der Waals surface area contributed by atoms with E-state index in [1.807, 2.05) is 32.9 Å². The van der Waals surface area contributed by atoms with Crippen LogP contribution >= 0.6 is 27.5 Å². The van der Waals surface area contributed by atoms with Gasteiger partial charge in [0.25, 0.3) is 0 Å². The summed E-state index contributed by atoms with van der Waals surface area (Å²) in [6.45, 7) is 6.07. The van der Waals surface area contributed by atoms with Crippen molar-refractivity contribution in [2.24, 2.45) is 0 Å². The maximum atomic E-state index is 5.94. The molecule has 96 valence electrons. The molecule has 0 aliphatic carbocycles.